The van der Waals surface area contributed by atoms with Gasteiger partial charge in [-0.05, 0) is 72.7 Å². The standard InChI is InChI=1S/C30H36FN5O3/c1-38-27-18-22-10-15-35(26(25(22)20-28(27)39-2)17-21-5-7-23(31)8-6-21)16-12-33-30(37)34-24-9-11-32-29(19-24)36-13-3-4-14-36/h5-9,11,18-20,26H,3-4,10,12-17H2,1-2H3,(H2,32,33,34,37). The van der Waals surface area contributed by atoms with Crippen molar-refractivity contribution in [1.29, 1.82) is 0 Å². The van der Waals surface area contributed by atoms with Crippen molar-refractivity contribution in [3.63, 3.8) is 0 Å². The van der Waals surface area contributed by atoms with Crippen molar-refractivity contribution in [3.8, 4) is 11.5 Å². The molecule has 1 atom stereocenters. The highest BCUT2D eigenvalue weighted by Crippen LogP contribution is 2.39. The molecule has 5 rings (SSSR count). The molecule has 2 aliphatic heterocycles. The molecular formula is C30H36FN5O3. The van der Waals surface area contributed by atoms with Gasteiger partial charge in [-0.3, -0.25) is 4.90 Å². The van der Waals surface area contributed by atoms with Crippen LogP contribution in [0.25, 0.3) is 0 Å². The van der Waals surface area contributed by atoms with Gasteiger partial charge in [0.15, 0.2) is 11.5 Å². The van der Waals surface area contributed by atoms with Gasteiger partial charge in [-0.25, -0.2) is 14.2 Å². The summed E-state index contributed by atoms with van der Waals surface area (Å²) in [5.74, 6) is 2.05. The van der Waals surface area contributed by atoms with Crippen LogP contribution in [0, 0.1) is 5.82 Å². The Hall–Kier alpha value is -3.85. The second-order valence-corrected chi connectivity index (χ2v) is 10.0. The summed E-state index contributed by atoms with van der Waals surface area (Å²) < 4.78 is 24.7. The zero-order valence-corrected chi connectivity index (χ0v) is 22.6. The van der Waals surface area contributed by atoms with Crippen molar-refractivity contribution >= 4 is 17.5 Å². The van der Waals surface area contributed by atoms with Gasteiger partial charge >= 0.3 is 6.03 Å². The molecule has 0 saturated carbocycles. The SMILES string of the molecule is COc1cc2c(cc1OC)C(Cc1ccc(F)cc1)N(CCNC(=O)Nc1ccnc(N3CCCC3)c1)CC2. The van der Waals surface area contributed by atoms with Crippen molar-refractivity contribution in [2.24, 2.45) is 0 Å². The molecule has 2 amide bonds. The maximum atomic E-state index is 13.6. The van der Waals surface area contributed by atoms with Gasteiger partial charge in [0.1, 0.15) is 11.6 Å². The molecule has 1 unspecified atom stereocenters. The molecule has 2 N–H and O–H groups in total. The van der Waals surface area contributed by atoms with E-state index in [2.05, 4.69) is 37.6 Å². The fourth-order valence-electron chi connectivity index (χ4n) is 5.53. The Morgan fingerprint density at radius 3 is 2.51 bits per heavy atom. The maximum absolute atomic E-state index is 13.6. The van der Waals surface area contributed by atoms with E-state index in [4.69, 9.17) is 9.47 Å². The van der Waals surface area contributed by atoms with Gasteiger partial charge in [-0.15, -0.1) is 0 Å². The molecule has 1 saturated heterocycles. The van der Waals surface area contributed by atoms with E-state index in [-0.39, 0.29) is 17.9 Å². The van der Waals surface area contributed by atoms with E-state index in [1.165, 1.54) is 36.1 Å². The van der Waals surface area contributed by atoms with Crippen molar-refractivity contribution in [3.05, 3.63) is 77.2 Å². The van der Waals surface area contributed by atoms with Crippen LogP contribution in [-0.4, -0.2) is 62.9 Å². The second-order valence-electron chi connectivity index (χ2n) is 10.0. The molecule has 0 radical (unpaired) electrons. The van der Waals surface area contributed by atoms with Crippen molar-refractivity contribution in [1.82, 2.24) is 15.2 Å². The van der Waals surface area contributed by atoms with Crippen LogP contribution in [0.5, 0.6) is 11.5 Å². The number of hydrogen-bond donors (Lipinski definition) is 2. The Kier molecular flexibility index (Phi) is 8.46. The third kappa shape index (κ3) is 6.42. The minimum atomic E-state index is -0.247. The molecule has 0 spiro atoms. The normalized spacial score (nSPS) is 17.0. The van der Waals surface area contributed by atoms with E-state index in [1.807, 2.05) is 18.2 Å². The number of pyridine rings is 1. The van der Waals surface area contributed by atoms with Crippen molar-refractivity contribution < 1.29 is 18.7 Å². The number of nitrogens with one attached hydrogen (secondary N) is 2. The van der Waals surface area contributed by atoms with Crippen LogP contribution in [0.4, 0.5) is 20.7 Å². The lowest BCUT2D eigenvalue weighted by molar-refractivity contribution is 0.183. The fourth-order valence-corrected chi connectivity index (χ4v) is 5.53. The number of amides is 2. The van der Waals surface area contributed by atoms with Crippen LogP contribution in [0.3, 0.4) is 0 Å². The summed E-state index contributed by atoms with van der Waals surface area (Å²) in [5.41, 5.74) is 4.16. The van der Waals surface area contributed by atoms with E-state index in [1.54, 1.807) is 26.5 Å². The topological polar surface area (TPSA) is 79.0 Å². The lowest BCUT2D eigenvalue weighted by Crippen LogP contribution is -2.42. The summed E-state index contributed by atoms with van der Waals surface area (Å²) in [4.78, 5) is 21.8. The van der Waals surface area contributed by atoms with Crippen LogP contribution in [0.2, 0.25) is 0 Å². The molecule has 3 aromatic rings. The summed E-state index contributed by atoms with van der Waals surface area (Å²) in [7, 11) is 3.28. The molecule has 39 heavy (non-hydrogen) atoms. The second kappa shape index (κ2) is 12.3. The predicted octanol–water partition coefficient (Wildman–Crippen LogP) is 4.80. The largest absolute Gasteiger partial charge is 0.493 e. The number of fused-ring (bicyclic) bond motifs is 1. The average Bonchev–Trinajstić information content (AvgIpc) is 3.50. The Bertz CT molecular complexity index is 1280. The third-order valence-electron chi connectivity index (χ3n) is 7.57. The van der Waals surface area contributed by atoms with Crippen molar-refractivity contribution in [2.45, 2.75) is 31.7 Å². The number of rotatable bonds is 9. The van der Waals surface area contributed by atoms with E-state index in [0.29, 0.717) is 31.0 Å². The van der Waals surface area contributed by atoms with Crippen LogP contribution >= 0.6 is 0 Å². The summed E-state index contributed by atoms with van der Waals surface area (Å²) in [5, 5.41) is 5.95. The highest BCUT2D eigenvalue weighted by Gasteiger charge is 2.29. The van der Waals surface area contributed by atoms with Gasteiger partial charge in [0.05, 0.1) is 14.2 Å². The van der Waals surface area contributed by atoms with Crippen LogP contribution in [0.15, 0.2) is 54.7 Å². The first-order valence-electron chi connectivity index (χ1n) is 13.5. The molecule has 9 heteroatoms. The van der Waals surface area contributed by atoms with E-state index in [9.17, 15) is 9.18 Å². The summed E-state index contributed by atoms with van der Waals surface area (Å²) in [6, 6.07) is 14.3. The Balaban J connectivity index is 1.25. The first-order valence-corrected chi connectivity index (χ1v) is 13.5. The Morgan fingerprint density at radius 2 is 1.77 bits per heavy atom. The molecule has 0 bridgehead atoms. The zero-order valence-electron chi connectivity index (χ0n) is 22.6. The van der Waals surface area contributed by atoms with E-state index in [0.717, 1.165) is 43.1 Å². The zero-order chi connectivity index (χ0) is 27.2. The van der Waals surface area contributed by atoms with Gasteiger partial charge < -0.3 is 25.0 Å². The average molecular weight is 534 g/mol. The molecule has 1 fully saturated rings. The highest BCUT2D eigenvalue weighted by molar-refractivity contribution is 5.89. The van der Waals surface area contributed by atoms with E-state index < -0.39 is 0 Å². The lowest BCUT2D eigenvalue weighted by atomic mass is 9.88. The first-order chi connectivity index (χ1) is 19.0. The summed E-state index contributed by atoms with van der Waals surface area (Å²) in [6.07, 6.45) is 5.65. The molecule has 0 aliphatic carbocycles. The van der Waals surface area contributed by atoms with Gasteiger partial charge in [0.2, 0.25) is 0 Å². The molecule has 8 nitrogen and oxygen atoms in total. The highest BCUT2D eigenvalue weighted by atomic mass is 19.1. The predicted molar refractivity (Wildman–Crippen MR) is 150 cm³/mol. The number of methoxy groups -OCH3 is 2. The third-order valence-corrected chi connectivity index (χ3v) is 7.57. The number of anilines is 2. The van der Waals surface area contributed by atoms with E-state index >= 15 is 0 Å². The lowest BCUT2D eigenvalue weighted by Gasteiger charge is -2.38. The molecular weight excluding hydrogens is 497 g/mol. The number of aromatic nitrogens is 1. The number of benzene rings is 2. The van der Waals surface area contributed by atoms with Crippen LogP contribution in [0.1, 0.15) is 35.6 Å². The fraction of sp³-hybridized carbons (Fsp3) is 0.400. The number of urea groups is 1. The Morgan fingerprint density at radius 1 is 1.03 bits per heavy atom. The van der Waals surface area contributed by atoms with Gasteiger partial charge in [-0.2, -0.15) is 0 Å². The molecule has 1 aromatic heterocycles. The number of nitrogens with zero attached hydrogens (tertiary/aromatic N) is 3. The van der Waals surface area contributed by atoms with Gasteiger partial charge in [-0.1, -0.05) is 12.1 Å². The number of hydrogen-bond acceptors (Lipinski definition) is 6. The van der Waals surface area contributed by atoms with Crippen molar-refractivity contribution in [2.75, 3.05) is 57.2 Å². The smallest absolute Gasteiger partial charge is 0.319 e. The number of carbonyl (C=O) groups is 1. The van der Waals surface area contributed by atoms with Gasteiger partial charge in [0, 0.05) is 56.7 Å². The summed E-state index contributed by atoms with van der Waals surface area (Å²) >= 11 is 0. The minimum absolute atomic E-state index is 0.0482. The van der Waals surface area contributed by atoms with Crippen LogP contribution in [-0.2, 0) is 12.8 Å². The monoisotopic (exact) mass is 533 g/mol. The van der Waals surface area contributed by atoms with Gasteiger partial charge in [0.25, 0.3) is 0 Å². The molecule has 206 valence electrons. The Labute approximate surface area is 229 Å². The quantitative estimate of drug-likeness (QED) is 0.411. The molecule has 3 heterocycles. The molecule has 2 aliphatic rings. The minimum Gasteiger partial charge on any atom is -0.493 e. The number of halogens is 1. The summed E-state index contributed by atoms with van der Waals surface area (Å²) in [6.45, 7) is 3.99. The van der Waals surface area contributed by atoms with Crippen LogP contribution < -0.4 is 25.0 Å². The maximum Gasteiger partial charge on any atom is 0.319 e. The molecule has 2 aromatic carbocycles. The number of ether oxygens (including phenoxy) is 2. The number of carbonyl (C=O) groups excluding carboxylic acids is 1. The first kappa shape index (κ1) is 26.7.